The van der Waals surface area contributed by atoms with Gasteiger partial charge in [-0.05, 0) is 0 Å². The second kappa shape index (κ2) is 4.09. The highest BCUT2D eigenvalue weighted by molar-refractivity contribution is 14.1. The zero-order chi connectivity index (χ0) is 4.12. The minimum Gasteiger partial charge on any atom is -0.359 e. The van der Waals surface area contributed by atoms with Gasteiger partial charge in [-0.3, -0.25) is 0 Å². The number of alkyl halides is 1. The fraction of sp³-hybridized carbons (Fsp3) is 0.333. The molecule has 0 saturated heterocycles. The molecule has 0 aromatic carbocycles. The van der Waals surface area contributed by atoms with Gasteiger partial charge in [-0.1, -0.05) is 28.5 Å². The summed E-state index contributed by atoms with van der Waals surface area (Å²) in [6.45, 7) is 0. The topological polar surface area (TPSA) is 26.0 Å². The molecule has 1 nitrogen and oxygen atoms in total. The summed E-state index contributed by atoms with van der Waals surface area (Å²) in [7, 11) is 0. The molecule has 0 fully saturated rings. The molecule has 0 saturated carbocycles. The number of hydrogen-bond acceptors (Lipinski definition) is 1. The van der Waals surface area contributed by atoms with Gasteiger partial charge in [-0.25, -0.2) is 0 Å². The molecule has 2 N–H and O–H groups in total. The Morgan fingerprint density at radius 2 is 2.40 bits per heavy atom. The molecule has 0 aromatic rings. The van der Waals surface area contributed by atoms with E-state index in [0.717, 1.165) is 4.43 Å². The lowest BCUT2D eigenvalue weighted by molar-refractivity contribution is 1.73. The fourth-order valence-electron chi connectivity index (χ4n) is 0.0386. The SMILES string of the molecule is NC#CCI. The zero-order valence-corrected chi connectivity index (χ0v) is 4.82. The van der Waals surface area contributed by atoms with Gasteiger partial charge in [0.25, 0.3) is 0 Å². The molecular formula is C3H4IN. The Kier molecular flexibility index (Phi) is 4.16. The van der Waals surface area contributed by atoms with Crippen LogP contribution in [0.4, 0.5) is 0 Å². The van der Waals surface area contributed by atoms with Crippen LogP contribution in [0, 0.1) is 12.0 Å². The minimum absolute atomic E-state index is 0.828. The maximum Gasteiger partial charge on any atom is 0.0627 e. The van der Waals surface area contributed by atoms with E-state index in [-0.39, 0.29) is 0 Å². The van der Waals surface area contributed by atoms with Crippen molar-refractivity contribution in [1.29, 1.82) is 0 Å². The Labute approximate surface area is 45.1 Å². The second-order valence-electron chi connectivity index (χ2n) is 0.455. The van der Waals surface area contributed by atoms with Gasteiger partial charge in [-0.2, -0.15) is 0 Å². The van der Waals surface area contributed by atoms with Gasteiger partial charge in [0.2, 0.25) is 0 Å². The number of halogens is 1. The fourth-order valence-corrected chi connectivity index (χ4v) is 0.259. The minimum atomic E-state index is 0.828. The summed E-state index contributed by atoms with van der Waals surface area (Å²) < 4.78 is 0.828. The molecule has 0 amide bonds. The third-order valence-corrected chi connectivity index (χ3v) is 0.550. The smallest absolute Gasteiger partial charge is 0.0627 e. The standard InChI is InChI=1S/C3H4IN/c4-2-1-3-5/h2,5H2. The molecule has 0 unspecified atom stereocenters. The second-order valence-corrected chi connectivity index (χ2v) is 1.22. The van der Waals surface area contributed by atoms with E-state index in [1.807, 2.05) is 0 Å². The van der Waals surface area contributed by atoms with Crippen LogP contribution in [0.5, 0.6) is 0 Å². The molecule has 0 aliphatic heterocycles. The molecule has 0 atom stereocenters. The molecule has 0 aliphatic carbocycles. The van der Waals surface area contributed by atoms with Crippen molar-refractivity contribution in [2.75, 3.05) is 4.43 Å². The van der Waals surface area contributed by atoms with E-state index in [4.69, 9.17) is 5.73 Å². The first-order valence-electron chi connectivity index (χ1n) is 1.16. The Morgan fingerprint density at radius 3 is 2.40 bits per heavy atom. The predicted molar refractivity (Wildman–Crippen MR) is 30.9 cm³/mol. The molecule has 0 aliphatic rings. The highest BCUT2D eigenvalue weighted by Gasteiger charge is 1.51. The first-order valence-corrected chi connectivity index (χ1v) is 2.69. The van der Waals surface area contributed by atoms with Crippen molar-refractivity contribution < 1.29 is 0 Å². The van der Waals surface area contributed by atoms with Crippen molar-refractivity contribution in [2.45, 2.75) is 0 Å². The van der Waals surface area contributed by atoms with Gasteiger partial charge in [0.05, 0.1) is 4.43 Å². The number of hydrogen-bond donors (Lipinski definition) is 1. The predicted octanol–water partition coefficient (Wildman–Crippen LogP) is 0.341. The van der Waals surface area contributed by atoms with Crippen LogP contribution in [0.3, 0.4) is 0 Å². The Bertz CT molecular complexity index is 59.0. The molecule has 0 rings (SSSR count). The van der Waals surface area contributed by atoms with E-state index in [1.165, 1.54) is 0 Å². The van der Waals surface area contributed by atoms with Gasteiger partial charge in [-0.15, -0.1) is 0 Å². The van der Waals surface area contributed by atoms with Gasteiger partial charge < -0.3 is 5.73 Å². The maximum atomic E-state index is 4.77. The van der Waals surface area contributed by atoms with E-state index in [0.29, 0.717) is 0 Å². The number of rotatable bonds is 0. The molecule has 0 aromatic heterocycles. The summed E-state index contributed by atoms with van der Waals surface area (Å²) in [6.07, 6.45) is 0. The average Bonchev–Trinajstić information content (AvgIpc) is 1.41. The third kappa shape index (κ3) is 4.09. The van der Waals surface area contributed by atoms with E-state index in [9.17, 15) is 0 Å². The van der Waals surface area contributed by atoms with Crippen LogP contribution in [-0.4, -0.2) is 4.43 Å². The lowest BCUT2D eigenvalue weighted by Crippen LogP contribution is -1.75. The van der Waals surface area contributed by atoms with Crippen LogP contribution in [0.25, 0.3) is 0 Å². The van der Waals surface area contributed by atoms with Crippen LogP contribution in [0.15, 0.2) is 0 Å². The van der Waals surface area contributed by atoms with Crippen LogP contribution < -0.4 is 5.73 Å². The molecule has 2 heteroatoms. The number of nitrogens with two attached hydrogens (primary N) is 1. The highest BCUT2D eigenvalue weighted by atomic mass is 127. The first kappa shape index (κ1) is 5.09. The largest absolute Gasteiger partial charge is 0.359 e. The molecule has 0 heterocycles. The summed E-state index contributed by atoms with van der Waals surface area (Å²) in [4.78, 5) is 0. The Balaban J connectivity index is 2.81. The quantitative estimate of drug-likeness (QED) is 0.248. The lowest BCUT2D eigenvalue weighted by Gasteiger charge is -1.56. The van der Waals surface area contributed by atoms with Crippen molar-refractivity contribution >= 4 is 22.6 Å². The summed E-state index contributed by atoms with van der Waals surface area (Å²) in [5.41, 5.74) is 4.77. The van der Waals surface area contributed by atoms with Gasteiger partial charge >= 0.3 is 0 Å². The van der Waals surface area contributed by atoms with Crippen LogP contribution in [0.2, 0.25) is 0 Å². The molecule has 0 bridgehead atoms. The van der Waals surface area contributed by atoms with Crippen LogP contribution >= 0.6 is 22.6 Å². The first-order chi connectivity index (χ1) is 2.41. The van der Waals surface area contributed by atoms with E-state index < -0.39 is 0 Å². The zero-order valence-electron chi connectivity index (χ0n) is 2.66. The van der Waals surface area contributed by atoms with Gasteiger partial charge in [0, 0.05) is 6.04 Å². The normalized spacial score (nSPS) is 5.00. The summed E-state index contributed by atoms with van der Waals surface area (Å²) in [5.74, 6) is 2.63. The Morgan fingerprint density at radius 1 is 1.80 bits per heavy atom. The van der Waals surface area contributed by atoms with Crippen molar-refractivity contribution in [2.24, 2.45) is 5.73 Å². The maximum absolute atomic E-state index is 4.77. The monoisotopic (exact) mass is 181 g/mol. The highest BCUT2D eigenvalue weighted by Crippen LogP contribution is 1.71. The van der Waals surface area contributed by atoms with E-state index in [2.05, 4.69) is 34.6 Å². The molecular weight excluding hydrogens is 177 g/mol. The molecule has 5 heavy (non-hydrogen) atoms. The molecule has 0 spiro atoms. The summed E-state index contributed by atoms with van der Waals surface area (Å²) >= 11 is 2.13. The lowest BCUT2D eigenvalue weighted by atomic mass is 10.8. The van der Waals surface area contributed by atoms with E-state index in [1.54, 1.807) is 0 Å². The molecule has 28 valence electrons. The van der Waals surface area contributed by atoms with E-state index >= 15 is 0 Å². The van der Waals surface area contributed by atoms with Crippen LogP contribution in [-0.2, 0) is 0 Å². The van der Waals surface area contributed by atoms with Gasteiger partial charge in [0.1, 0.15) is 0 Å². The average molecular weight is 181 g/mol. The molecule has 0 radical (unpaired) electrons. The van der Waals surface area contributed by atoms with Crippen LogP contribution in [0.1, 0.15) is 0 Å². The third-order valence-electron chi connectivity index (χ3n) is 0.169. The summed E-state index contributed by atoms with van der Waals surface area (Å²) in [5, 5.41) is 0. The van der Waals surface area contributed by atoms with Gasteiger partial charge in [0.15, 0.2) is 0 Å². The summed E-state index contributed by atoms with van der Waals surface area (Å²) in [6, 6.07) is 2.26. The van der Waals surface area contributed by atoms with Crippen molar-refractivity contribution in [3.05, 3.63) is 0 Å². The van der Waals surface area contributed by atoms with Crippen molar-refractivity contribution in [3.63, 3.8) is 0 Å². The Hall–Kier alpha value is 0.0900. The van der Waals surface area contributed by atoms with Crippen molar-refractivity contribution in [1.82, 2.24) is 0 Å². The van der Waals surface area contributed by atoms with Crippen molar-refractivity contribution in [3.8, 4) is 12.0 Å².